The largest absolute Gasteiger partial charge is 0.416 e. The molecule has 0 radical (unpaired) electrons. The third-order valence-electron chi connectivity index (χ3n) is 7.36. The van der Waals surface area contributed by atoms with Gasteiger partial charge in [0.25, 0.3) is 11.8 Å². The third-order valence-corrected chi connectivity index (χ3v) is 8.74. The first-order chi connectivity index (χ1) is 20.2. The molecule has 3 aromatic rings. The van der Waals surface area contributed by atoms with E-state index < -0.39 is 58.9 Å². The zero-order valence-electron chi connectivity index (χ0n) is 24.1. The van der Waals surface area contributed by atoms with Crippen LogP contribution in [0.5, 0.6) is 0 Å². The molecule has 2 aromatic carbocycles. The van der Waals surface area contributed by atoms with Gasteiger partial charge in [-0.2, -0.15) is 13.2 Å². The number of benzene rings is 2. The Hall–Kier alpha value is -3.84. The smallest absolute Gasteiger partial charge is 0.381 e. The number of rotatable bonds is 9. The average molecular weight is 619 g/mol. The number of hydrogen-bond acceptors (Lipinski definition) is 7. The number of alkyl halides is 3. The topological polar surface area (TPSA) is 125 Å². The van der Waals surface area contributed by atoms with Gasteiger partial charge in [-0.3, -0.25) is 14.4 Å². The summed E-state index contributed by atoms with van der Waals surface area (Å²) in [5, 5.41) is 20.5. The molecule has 1 saturated heterocycles. The molecular formula is C30H33F3N4O5S. The van der Waals surface area contributed by atoms with Gasteiger partial charge >= 0.3 is 6.18 Å². The Balaban J connectivity index is 1.56. The lowest BCUT2D eigenvalue weighted by Crippen LogP contribution is -2.58. The second kappa shape index (κ2) is 12.8. The van der Waals surface area contributed by atoms with Crippen LogP contribution < -0.4 is 10.6 Å². The Morgan fingerprint density at radius 3 is 2.40 bits per heavy atom. The van der Waals surface area contributed by atoms with E-state index in [2.05, 4.69) is 15.8 Å². The van der Waals surface area contributed by atoms with Crippen molar-refractivity contribution in [2.24, 2.45) is 0 Å². The summed E-state index contributed by atoms with van der Waals surface area (Å²) in [6, 6.07) is 11.7. The summed E-state index contributed by atoms with van der Waals surface area (Å²) in [7, 11) is 0. The molecule has 1 aromatic heterocycles. The lowest BCUT2D eigenvalue weighted by atomic mass is 9.96. The number of aliphatic hydroxyl groups excluding tert-OH is 1. The van der Waals surface area contributed by atoms with Gasteiger partial charge in [-0.25, -0.2) is 0 Å². The van der Waals surface area contributed by atoms with E-state index in [0.717, 1.165) is 11.6 Å². The molecule has 2 heterocycles. The minimum Gasteiger partial charge on any atom is -0.381 e. The highest BCUT2D eigenvalue weighted by molar-refractivity contribution is 8.00. The highest BCUT2D eigenvalue weighted by atomic mass is 32.2. The summed E-state index contributed by atoms with van der Waals surface area (Å²) in [5.41, 5.74) is 0.293. The number of halogens is 3. The molecule has 230 valence electrons. The van der Waals surface area contributed by atoms with Crippen LogP contribution in [0.1, 0.15) is 52.3 Å². The molecule has 0 bridgehead atoms. The van der Waals surface area contributed by atoms with E-state index in [1.807, 2.05) is 6.07 Å². The van der Waals surface area contributed by atoms with E-state index in [1.54, 1.807) is 52.0 Å². The van der Waals surface area contributed by atoms with Crippen molar-refractivity contribution < 1.29 is 37.2 Å². The predicted octanol–water partition coefficient (Wildman–Crippen LogP) is 4.01. The van der Waals surface area contributed by atoms with E-state index in [9.17, 15) is 32.7 Å². The molecule has 3 N–H and O–H groups in total. The Morgan fingerprint density at radius 2 is 1.77 bits per heavy atom. The molecule has 1 fully saturated rings. The maximum atomic E-state index is 13.8. The van der Waals surface area contributed by atoms with Crippen LogP contribution in [0.4, 0.5) is 13.2 Å². The fraction of sp³-hybridized carbons (Fsp3) is 0.400. The highest BCUT2D eigenvalue weighted by Gasteiger charge is 2.50. The van der Waals surface area contributed by atoms with Crippen LogP contribution in [0.15, 0.2) is 59.1 Å². The summed E-state index contributed by atoms with van der Waals surface area (Å²) in [6.07, 6.45) is -6.25. The number of hydrogen-bond donors (Lipinski definition) is 3. The maximum absolute atomic E-state index is 13.8. The molecule has 0 aliphatic carbocycles. The van der Waals surface area contributed by atoms with Crippen molar-refractivity contribution in [1.29, 1.82) is 0 Å². The van der Waals surface area contributed by atoms with Crippen molar-refractivity contribution in [1.82, 2.24) is 20.7 Å². The number of amides is 3. The molecule has 43 heavy (non-hydrogen) atoms. The van der Waals surface area contributed by atoms with Gasteiger partial charge in [0.1, 0.15) is 17.4 Å². The summed E-state index contributed by atoms with van der Waals surface area (Å²) in [4.78, 5) is 41.6. The van der Waals surface area contributed by atoms with Gasteiger partial charge in [-0.1, -0.05) is 53.7 Å². The SMILES string of the molecule is Cc1noc(C)c1C(=O)NC(Cc1ccccc1)C(O)C(=O)N1CSC(C)(C)C1C(=O)NCc1ccccc1C(F)(F)F. The second-order valence-electron chi connectivity index (χ2n) is 10.9. The number of aryl methyl sites for hydroxylation is 2. The summed E-state index contributed by atoms with van der Waals surface area (Å²) in [6.45, 7) is 6.25. The lowest BCUT2D eigenvalue weighted by Gasteiger charge is -2.33. The normalized spacial score (nSPS) is 17.8. The Labute approximate surface area is 251 Å². The maximum Gasteiger partial charge on any atom is 0.416 e. The molecule has 4 rings (SSSR count). The van der Waals surface area contributed by atoms with Gasteiger partial charge in [0.05, 0.1) is 23.2 Å². The Kier molecular flexibility index (Phi) is 9.55. The van der Waals surface area contributed by atoms with Gasteiger partial charge in [-0.15, -0.1) is 11.8 Å². The zero-order valence-corrected chi connectivity index (χ0v) is 24.9. The Morgan fingerprint density at radius 1 is 1.12 bits per heavy atom. The van der Waals surface area contributed by atoms with Crippen molar-refractivity contribution in [3.05, 3.63) is 88.3 Å². The van der Waals surface area contributed by atoms with Gasteiger partial charge in [0.2, 0.25) is 5.91 Å². The molecule has 3 amide bonds. The van der Waals surface area contributed by atoms with Gasteiger partial charge < -0.3 is 25.2 Å². The molecule has 0 saturated carbocycles. The fourth-order valence-electron chi connectivity index (χ4n) is 5.14. The number of aromatic nitrogens is 1. The van der Waals surface area contributed by atoms with Crippen molar-refractivity contribution in [3.63, 3.8) is 0 Å². The zero-order chi connectivity index (χ0) is 31.5. The number of thioether (sulfide) groups is 1. The molecule has 0 spiro atoms. The first-order valence-corrected chi connectivity index (χ1v) is 14.5. The summed E-state index contributed by atoms with van der Waals surface area (Å²) < 4.78 is 44.7. The number of carbonyl (C=O) groups excluding carboxylic acids is 3. The van der Waals surface area contributed by atoms with Crippen LogP contribution in [-0.2, 0) is 28.7 Å². The molecule has 1 aliphatic heterocycles. The second-order valence-corrected chi connectivity index (χ2v) is 12.5. The lowest BCUT2D eigenvalue weighted by molar-refractivity contribution is -0.147. The van der Waals surface area contributed by atoms with E-state index in [-0.39, 0.29) is 29.2 Å². The summed E-state index contributed by atoms with van der Waals surface area (Å²) in [5.74, 6) is -1.72. The Bertz CT molecular complexity index is 1460. The van der Waals surface area contributed by atoms with E-state index in [0.29, 0.717) is 5.69 Å². The predicted molar refractivity (Wildman–Crippen MR) is 154 cm³/mol. The minimum absolute atomic E-state index is 0.0516. The average Bonchev–Trinajstić information content (AvgIpc) is 3.47. The molecular weight excluding hydrogens is 585 g/mol. The van der Waals surface area contributed by atoms with Crippen molar-refractivity contribution in [3.8, 4) is 0 Å². The molecule has 9 nitrogen and oxygen atoms in total. The van der Waals surface area contributed by atoms with Crippen LogP contribution in [0, 0.1) is 13.8 Å². The number of nitrogens with zero attached hydrogens (tertiary/aromatic N) is 2. The van der Waals surface area contributed by atoms with E-state index in [4.69, 9.17) is 4.52 Å². The van der Waals surface area contributed by atoms with Gasteiger partial charge in [0, 0.05) is 11.3 Å². The van der Waals surface area contributed by atoms with Crippen LogP contribution >= 0.6 is 11.8 Å². The molecule has 13 heteroatoms. The fourth-order valence-corrected chi connectivity index (χ4v) is 6.28. The number of aliphatic hydroxyl groups is 1. The monoisotopic (exact) mass is 618 g/mol. The standard InChI is InChI=1S/C30H33F3N4O5S/c1-17-23(18(2)42-36-17)26(39)35-22(14-19-10-6-5-7-11-19)24(38)28(41)37-16-43-29(3,4)25(37)27(40)34-15-20-12-8-9-13-21(20)30(31,32)33/h5-13,22,24-25,38H,14-16H2,1-4H3,(H,34,40)(H,35,39). The van der Waals surface area contributed by atoms with E-state index >= 15 is 0 Å². The van der Waals surface area contributed by atoms with Crippen LogP contribution in [0.3, 0.4) is 0 Å². The van der Waals surface area contributed by atoms with Crippen molar-refractivity contribution in [2.45, 2.75) is 69.8 Å². The molecule has 1 aliphatic rings. The van der Waals surface area contributed by atoms with Crippen molar-refractivity contribution in [2.75, 3.05) is 5.88 Å². The van der Waals surface area contributed by atoms with Gasteiger partial charge in [-0.05, 0) is 51.3 Å². The van der Waals surface area contributed by atoms with Crippen molar-refractivity contribution >= 4 is 29.5 Å². The first kappa shape index (κ1) is 32.1. The summed E-state index contributed by atoms with van der Waals surface area (Å²) >= 11 is 1.30. The number of nitrogens with one attached hydrogen (secondary N) is 2. The van der Waals surface area contributed by atoms with Crippen LogP contribution in [0.25, 0.3) is 0 Å². The first-order valence-electron chi connectivity index (χ1n) is 13.5. The van der Waals surface area contributed by atoms with Crippen LogP contribution in [0.2, 0.25) is 0 Å². The molecule has 3 unspecified atom stereocenters. The van der Waals surface area contributed by atoms with Crippen LogP contribution in [-0.4, -0.2) is 61.7 Å². The molecule has 3 atom stereocenters. The third kappa shape index (κ3) is 7.21. The quantitative estimate of drug-likeness (QED) is 0.331. The highest BCUT2D eigenvalue weighted by Crippen LogP contribution is 2.40. The minimum atomic E-state index is -4.60. The van der Waals surface area contributed by atoms with E-state index in [1.165, 1.54) is 34.9 Å². The number of carbonyl (C=O) groups is 3. The van der Waals surface area contributed by atoms with Gasteiger partial charge in [0.15, 0.2) is 6.10 Å².